The highest BCUT2D eigenvalue weighted by Crippen LogP contribution is 2.54. The van der Waals surface area contributed by atoms with Gasteiger partial charge in [0.25, 0.3) is 0 Å². The van der Waals surface area contributed by atoms with Crippen LogP contribution in [-0.4, -0.2) is 0 Å². The van der Waals surface area contributed by atoms with E-state index in [1.54, 1.807) is 0 Å². The van der Waals surface area contributed by atoms with Crippen LogP contribution in [0.2, 0.25) is 0 Å². The van der Waals surface area contributed by atoms with Crippen molar-refractivity contribution in [2.75, 3.05) is 0 Å². The summed E-state index contributed by atoms with van der Waals surface area (Å²) in [5.74, 6) is 0. The zero-order chi connectivity index (χ0) is 39.7. The smallest absolute Gasteiger partial charge is 0.136 e. The second-order valence-electron chi connectivity index (χ2n) is 17.1. The Bertz CT molecular complexity index is 3740. The van der Waals surface area contributed by atoms with Crippen molar-refractivity contribution in [1.29, 1.82) is 0 Å². The van der Waals surface area contributed by atoms with Gasteiger partial charge < -0.3 is 4.42 Å². The van der Waals surface area contributed by atoms with E-state index in [0.29, 0.717) is 0 Å². The summed E-state index contributed by atoms with van der Waals surface area (Å²) >= 11 is 0. The molecule has 1 aliphatic carbocycles. The van der Waals surface area contributed by atoms with Gasteiger partial charge in [-0.15, -0.1) is 0 Å². The summed E-state index contributed by atoms with van der Waals surface area (Å²) in [5.41, 5.74) is 14.6. The first-order valence-electron chi connectivity index (χ1n) is 21.0. The van der Waals surface area contributed by atoms with Gasteiger partial charge in [0.15, 0.2) is 0 Å². The molecule has 1 aliphatic rings. The highest BCUT2D eigenvalue weighted by Gasteiger charge is 2.37. The van der Waals surface area contributed by atoms with Gasteiger partial charge in [0.05, 0.1) is 0 Å². The van der Waals surface area contributed by atoms with Crippen LogP contribution in [-0.2, 0) is 5.41 Å². The molecule has 1 heterocycles. The summed E-state index contributed by atoms with van der Waals surface area (Å²) in [6.45, 7) is 4.69. The molecule has 0 unspecified atom stereocenters. The van der Waals surface area contributed by atoms with Crippen molar-refractivity contribution < 1.29 is 4.42 Å². The fourth-order valence-corrected chi connectivity index (χ4v) is 10.9. The molecule has 0 spiro atoms. The Morgan fingerprint density at radius 1 is 0.317 bits per heavy atom. The van der Waals surface area contributed by atoms with E-state index >= 15 is 0 Å². The molecular weight excluding hydrogens is 725 g/mol. The van der Waals surface area contributed by atoms with E-state index in [2.05, 4.69) is 208 Å². The van der Waals surface area contributed by atoms with Crippen molar-refractivity contribution in [2.24, 2.45) is 0 Å². The molecule has 1 aromatic heterocycles. The maximum Gasteiger partial charge on any atom is 0.136 e. The van der Waals surface area contributed by atoms with Crippen molar-refractivity contribution in [2.45, 2.75) is 19.3 Å². The molecule has 0 fully saturated rings. The predicted octanol–water partition coefficient (Wildman–Crippen LogP) is 16.7. The van der Waals surface area contributed by atoms with Gasteiger partial charge in [-0.3, -0.25) is 0 Å². The maximum absolute atomic E-state index is 6.81. The maximum atomic E-state index is 6.81. The summed E-state index contributed by atoms with van der Waals surface area (Å²) < 4.78 is 6.81. The molecule has 0 atom stereocenters. The molecule has 0 saturated carbocycles. The summed E-state index contributed by atoms with van der Waals surface area (Å²) in [6, 6.07) is 71.8. The summed E-state index contributed by atoms with van der Waals surface area (Å²) in [5, 5.41) is 14.9. The van der Waals surface area contributed by atoms with E-state index in [1.165, 1.54) is 120 Å². The van der Waals surface area contributed by atoms with Crippen molar-refractivity contribution in [3.05, 3.63) is 205 Å². The van der Waals surface area contributed by atoms with Crippen LogP contribution in [0.4, 0.5) is 0 Å². The molecule has 1 heteroatoms. The zero-order valence-electron chi connectivity index (χ0n) is 33.4. The lowest BCUT2D eigenvalue weighted by atomic mass is 9.82. The Labute approximate surface area is 347 Å². The summed E-state index contributed by atoms with van der Waals surface area (Å²) in [4.78, 5) is 0. The van der Waals surface area contributed by atoms with Crippen LogP contribution >= 0.6 is 0 Å². The van der Waals surface area contributed by atoms with Gasteiger partial charge in [0.2, 0.25) is 0 Å². The van der Waals surface area contributed by atoms with Crippen LogP contribution in [0.15, 0.2) is 199 Å². The monoisotopic (exact) mass is 762 g/mol. The van der Waals surface area contributed by atoms with Crippen LogP contribution < -0.4 is 0 Å². The standard InChI is InChI=1S/C59H38O/c1-59(2)50-25-12-11-23-48(50)56-51(59)30-31-52-58(56)57-43-18-6-5-17-41(43)49(34-53(57)60-52)38-28-26-37-33-39(29-27-36(37)32-38)54-44-19-7-9-21-46(44)55(47-22-10-8-20-45(47)54)42-24-13-15-35-14-3-4-16-40(35)42/h3-34H,1-2H3. The Kier molecular flexibility index (Phi) is 6.85. The molecule has 60 heavy (non-hydrogen) atoms. The first kappa shape index (κ1) is 33.5. The number of fused-ring (bicyclic) bond motifs is 13. The van der Waals surface area contributed by atoms with Gasteiger partial charge in [-0.25, -0.2) is 0 Å². The van der Waals surface area contributed by atoms with E-state index in [9.17, 15) is 0 Å². The highest BCUT2D eigenvalue weighted by molar-refractivity contribution is 6.27. The largest absolute Gasteiger partial charge is 0.456 e. The molecule has 11 aromatic carbocycles. The summed E-state index contributed by atoms with van der Waals surface area (Å²) in [6.07, 6.45) is 0. The number of rotatable bonds is 3. The van der Waals surface area contributed by atoms with Crippen molar-refractivity contribution in [1.82, 2.24) is 0 Å². The van der Waals surface area contributed by atoms with E-state index in [4.69, 9.17) is 4.42 Å². The van der Waals surface area contributed by atoms with E-state index in [0.717, 1.165) is 11.2 Å². The third-order valence-corrected chi connectivity index (χ3v) is 13.6. The Hall–Kier alpha value is -7.48. The average molecular weight is 763 g/mol. The normalized spacial score (nSPS) is 13.3. The van der Waals surface area contributed by atoms with Crippen LogP contribution in [0.25, 0.3) is 120 Å². The highest BCUT2D eigenvalue weighted by atomic mass is 16.3. The molecule has 0 N–H and O–H groups in total. The molecule has 0 saturated heterocycles. The molecule has 0 aliphatic heterocycles. The van der Waals surface area contributed by atoms with Crippen molar-refractivity contribution >= 4 is 75.8 Å². The minimum Gasteiger partial charge on any atom is -0.456 e. The second-order valence-corrected chi connectivity index (χ2v) is 17.1. The number of hydrogen-bond acceptors (Lipinski definition) is 1. The van der Waals surface area contributed by atoms with E-state index in [-0.39, 0.29) is 5.41 Å². The Balaban J connectivity index is 0.987. The Morgan fingerprint density at radius 2 is 0.883 bits per heavy atom. The predicted molar refractivity (Wildman–Crippen MR) is 255 cm³/mol. The van der Waals surface area contributed by atoms with Gasteiger partial charge in [-0.05, 0) is 134 Å². The van der Waals surface area contributed by atoms with Crippen LogP contribution in [0.1, 0.15) is 25.0 Å². The third kappa shape index (κ3) is 4.58. The molecule has 12 aromatic rings. The van der Waals surface area contributed by atoms with Crippen LogP contribution in [0.3, 0.4) is 0 Å². The summed E-state index contributed by atoms with van der Waals surface area (Å²) in [7, 11) is 0. The lowest BCUT2D eigenvalue weighted by Gasteiger charge is -2.21. The number of benzene rings is 11. The quantitative estimate of drug-likeness (QED) is 0.163. The van der Waals surface area contributed by atoms with Gasteiger partial charge in [0, 0.05) is 16.2 Å². The molecular formula is C59H38O. The topological polar surface area (TPSA) is 13.1 Å². The minimum atomic E-state index is -0.0778. The number of hydrogen-bond donors (Lipinski definition) is 0. The first-order chi connectivity index (χ1) is 29.5. The molecule has 280 valence electrons. The fraction of sp³-hybridized carbons (Fsp3) is 0.0508. The molecule has 1 nitrogen and oxygen atoms in total. The van der Waals surface area contributed by atoms with Gasteiger partial charge in [-0.2, -0.15) is 0 Å². The fourth-order valence-electron chi connectivity index (χ4n) is 10.9. The Morgan fingerprint density at radius 3 is 1.63 bits per heavy atom. The van der Waals surface area contributed by atoms with E-state index in [1.807, 2.05) is 0 Å². The van der Waals surface area contributed by atoms with Gasteiger partial charge in [0.1, 0.15) is 11.2 Å². The van der Waals surface area contributed by atoms with E-state index < -0.39 is 0 Å². The number of furan rings is 1. The van der Waals surface area contributed by atoms with Gasteiger partial charge in [-0.1, -0.05) is 184 Å². The van der Waals surface area contributed by atoms with Crippen molar-refractivity contribution in [3.63, 3.8) is 0 Å². The first-order valence-corrected chi connectivity index (χ1v) is 21.0. The van der Waals surface area contributed by atoms with Crippen LogP contribution in [0, 0.1) is 0 Å². The molecule has 0 radical (unpaired) electrons. The molecule has 0 amide bonds. The molecule has 0 bridgehead atoms. The lowest BCUT2D eigenvalue weighted by molar-refractivity contribution is 0.656. The third-order valence-electron chi connectivity index (χ3n) is 13.6. The second kappa shape index (κ2) is 12.3. The van der Waals surface area contributed by atoms with Crippen LogP contribution in [0.5, 0.6) is 0 Å². The minimum absolute atomic E-state index is 0.0778. The molecule has 13 rings (SSSR count). The van der Waals surface area contributed by atoms with Gasteiger partial charge >= 0.3 is 0 Å². The zero-order valence-corrected chi connectivity index (χ0v) is 33.4. The average Bonchev–Trinajstić information content (AvgIpc) is 3.79. The lowest BCUT2D eigenvalue weighted by Crippen LogP contribution is -2.14. The SMILES string of the molecule is CC1(C)c2ccccc2-c2c1ccc1oc3cc(-c4ccc5cc(-c6c7ccccc7c(-c7cccc8ccccc78)c7ccccc67)ccc5c4)c4ccccc4c3c21. The van der Waals surface area contributed by atoms with Crippen molar-refractivity contribution in [3.8, 4) is 44.5 Å².